The van der Waals surface area contributed by atoms with Crippen LogP contribution >= 0.6 is 23.7 Å². The van der Waals surface area contributed by atoms with Crippen molar-refractivity contribution in [3.8, 4) is 0 Å². The minimum Gasteiger partial charge on any atom is -0.379 e. The molecule has 1 saturated heterocycles. The molecule has 2 aliphatic rings. The molecule has 0 amide bonds. The number of fused-ring (bicyclic) bond motifs is 1. The van der Waals surface area contributed by atoms with Crippen LogP contribution < -0.4 is 5.73 Å². The Kier molecular flexibility index (Phi) is 4.25. The molecule has 1 unspecified atom stereocenters. The zero-order valence-electron chi connectivity index (χ0n) is 9.72. The highest BCUT2D eigenvalue weighted by Gasteiger charge is 2.27. The Morgan fingerprint density at radius 1 is 1.35 bits per heavy atom. The van der Waals surface area contributed by atoms with E-state index in [2.05, 4.69) is 9.88 Å². The van der Waals surface area contributed by atoms with Gasteiger partial charge >= 0.3 is 0 Å². The van der Waals surface area contributed by atoms with E-state index in [0.29, 0.717) is 6.04 Å². The summed E-state index contributed by atoms with van der Waals surface area (Å²) in [6.07, 6.45) is 3.46. The fourth-order valence-corrected chi connectivity index (χ4v) is 3.51. The number of hydrogen-bond acceptors (Lipinski definition) is 5. The number of aromatic nitrogens is 1. The van der Waals surface area contributed by atoms with Crippen LogP contribution in [0.25, 0.3) is 0 Å². The van der Waals surface area contributed by atoms with Gasteiger partial charge in [-0.15, -0.1) is 23.7 Å². The van der Waals surface area contributed by atoms with E-state index in [1.165, 1.54) is 17.0 Å². The lowest BCUT2D eigenvalue weighted by Crippen LogP contribution is -2.45. The molecule has 0 spiro atoms. The first-order valence-electron chi connectivity index (χ1n) is 5.89. The molecule has 6 heteroatoms. The van der Waals surface area contributed by atoms with Gasteiger partial charge in [0.25, 0.3) is 0 Å². The number of nitrogens with zero attached hydrogens (tertiary/aromatic N) is 2. The van der Waals surface area contributed by atoms with Crippen LogP contribution in [0, 0.1) is 0 Å². The van der Waals surface area contributed by atoms with E-state index in [0.717, 1.165) is 44.3 Å². The number of aryl methyl sites for hydroxylation is 1. The molecule has 0 saturated carbocycles. The van der Waals surface area contributed by atoms with Crippen LogP contribution in [-0.4, -0.2) is 42.2 Å². The fourth-order valence-electron chi connectivity index (χ4n) is 2.64. The Balaban J connectivity index is 0.00000108. The third kappa shape index (κ3) is 2.73. The molecule has 17 heavy (non-hydrogen) atoms. The summed E-state index contributed by atoms with van der Waals surface area (Å²) in [7, 11) is 0. The third-order valence-corrected chi connectivity index (χ3v) is 4.48. The molecule has 2 N–H and O–H groups in total. The summed E-state index contributed by atoms with van der Waals surface area (Å²) in [4.78, 5) is 8.38. The molecule has 1 aromatic rings. The molecule has 1 atom stereocenters. The predicted octanol–water partition coefficient (Wildman–Crippen LogP) is 1.34. The van der Waals surface area contributed by atoms with Gasteiger partial charge in [-0.2, -0.15) is 0 Å². The predicted molar refractivity (Wildman–Crippen MR) is 72.0 cm³/mol. The highest BCUT2D eigenvalue weighted by molar-refractivity contribution is 7.15. The van der Waals surface area contributed by atoms with Crippen LogP contribution in [0.4, 0.5) is 5.13 Å². The number of anilines is 1. The van der Waals surface area contributed by atoms with Crippen molar-refractivity contribution in [3.63, 3.8) is 0 Å². The van der Waals surface area contributed by atoms with Crippen molar-refractivity contribution in [1.82, 2.24) is 9.88 Å². The first kappa shape index (κ1) is 13.1. The maximum Gasteiger partial charge on any atom is 0.180 e. The van der Waals surface area contributed by atoms with Crippen molar-refractivity contribution < 1.29 is 4.74 Å². The van der Waals surface area contributed by atoms with Gasteiger partial charge in [0.1, 0.15) is 0 Å². The molecular weight excluding hydrogens is 258 g/mol. The standard InChI is InChI=1S/C11H17N3OS.ClH/c12-11-13-9-7-8(1-2-10(9)16-11)14-3-5-15-6-4-14;/h8H,1-7H2,(H2,12,13);1H. The number of morpholine rings is 1. The van der Waals surface area contributed by atoms with E-state index in [-0.39, 0.29) is 12.4 Å². The Bertz CT molecular complexity index is 379. The Morgan fingerprint density at radius 2 is 2.12 bits per heavy atom. The summed E-state index contributed by atoms with van der Waals surface area (Å²) in [6.45, 7) is 3.89. The molecule has 1 aliphatic heterocycles. The molecule has 4 nitrogen and oxygen atoms in total. The number of ether oxygens (including phenoxy) is 1. The number of thiazole rings is 1. The Hall–Kier alpha value is -0.360. The van der Waals surface area contributed by atoms with Crippen molar-refractivity contribution in [2.75, 3.05) is 32.0 Å². The number of hydrogen-bond donors (Lipinski definition) is 1. The van der Waals surface area contributed by atoms with Gasteiger partial charge in [0.05, 0.1) is 18.9 Å². The maximum absolute atomic E-state index is 5.76. The summed E-state index contributed by atoms with van der Waals surface area (Å²) < 4.78 is 5.39. The number of nitrogen functional groups attached to an aromatic ring is 1. The quantitative estimate of drug-likeness (QED) is 0.840. The average molecular weight is 276 g/mol. The second kappa shape index (κ2) is 5.52. The van der Waals surface area contributed by atoms with Crippen LogP contribution in [0.5, 0.6) is 0 Å². The van der Waals surface area contributed by atoms with Crippen molar-refractivity contribution in [1.29, 1.82) is 0 Å². The van der Waals surface area contributed by atoms with Crippen LogP contribution in [0.3, 0.4) is 0 Å². The largest absolute Gasteiger partial charge is 0.379 e. The average Bonchev–Trinajstić information content (AvgIpc) is 2.69. The number of rotatable bonds is 1. The van der Waals surface area contributed by atoms with E-state index in [4.69, 9.17) is 10.5 Å². The molecule has 1 aliphatic carbocycles. The summed E-state index contributed by atoms with van der Waals surface area (Å²) in [5.74, 6) is 0. The summed E-state index contributed by atoms with van der Waals surface area (Å²) in [5, 5.41) is 0.729. The highest BCUT2D eigenvalue weighted by atomic mass is 35.5. The van der Waals surface area contributed by atoms with Crippen molar-refractivity contribution in [2.45, 2.75) is 25.3 Å². The van der Waals surface area contributed by atoms with Gasteiger partial charge in [0, 0.05) is 30.4 Å². The van der Waals surface area contributed by atoms with Crippen LogP contribution in [0.1, 0.15) is 17.0 Å². The van der Waals surface area contributed by atoms with Gasteiger partial charge in [-0.3, -0.25) is 4.90 Å². The monoisotopic (exact) mass is 275 g/mol. The third-order valence-electron chi connectivity index (χ3n) is 3.49. The summed E-state index contributed by atoms with van der Waals surface area (Å²) >= 11 is 1.66. The zero-order valence-corrected chi connectivity index (χ0v) is 11.4. The van der Waals surface area contributed by atoms with Crippen LogP contribution in [0.15, 0.2) is 0 Å². The second-order valence-electron chi connectivity index (χ2n) is 4.47. The SMILES string of the molecule is Cl.Nc1nc2c(s1)CCC(N1CCOCC1)C2. The molecule has 1 aromatic heterocycles. The normalized spacial score (nSPS) is 25.1. The molecule has 3 rings (SSSR count). The highest BCUT2D eigenvalue weighted by Crippen LogP contribution is 2.30. The Labute approximate surface area is 112 Å². The van der Waals surface area contributed by atoms with E-state index in [9.17, 15) is 0 Å². The Morgan fingerprint density at radius 3 is 2.88 bits per heavy atom. The number of nitrogens with two attached hydrogens (primary N) is 1. The van der Waals surface area contributed by atoms with Gasteiger partial charge in [-0.25, -0.2) is 4.98 Å². The van der Waals surface area contributed by atoms with Gasteiger partial charge in [-0.05, 0) is 12.8 Å². The smallest absolute Gasteiger partial charge is 0.180 e. The van der Waals surface area contributed by atoms with E-state index in [1.54, 1.807) is 11.3 Å². The second-order valence-corrected chi connectivity index (χ2v) is 5.58. The molecule has 0 aromatic carbocycles. The molecule has 1 fully saturated rings. The molecule has 2 heterocycles. The van der Waals surface area contributed by atoms with Gasteiger partial charge in [-0.1, -0.05) is 0 Å². The summed E-state index contributed by atoms with van der Waals surface area (Å²) in [6, 6.07) is 0.651. The fraction of sp³-hybridized carbons (Fsp3) is 0.727. The van der Waals surface area contributed by atoms with E-state index in [1.807, 2.05) is 0 Å². The van der Waals surface area contributed by atoms with Crippen molar-refractivity contribution in [2.24, 2.45) is 0 Å². The van der Waals surface area contributed by atoms with Gasteiger partial charge < -0.3 is 10.5 Å². The first-order valence-corrected chi connectivity index (χ1v) is 6.70. The first-order chi connectivity index (χ1) is 7.83. The molecule has 96 valence electrons. The van der Waals surface area contributed by atoms with Crippen molar-refractivity contribution in [3.05, 3.63) is 10.6 Å². The van der Waals surface area contributed by atoms with Crippen molar-refractivity contribution >= 4 is 28.9 Å². The molecular formula is C11H18ClN3OS. The minimum atomic E-state index is 0. The molecule has 0 bridgehead atoms. The van der Waals surface area contributed by atoms with Gasteiger partial charge in [0.15, 0.2) is 5.13 Å². The van der Waals surface area contributed by atoms with E-state index >= 15 is 0 Å². The topological polar surface area (TPSA) is 51.4 Å². The lowest BCUT2D eigenvalue weighted by molar-refractivity contribution is 0.0136. The lowest BCUT2D eigenvalue weighted by Gasteiger charge is -2.36. The van der Waals surface area contributed by atoms with E-state index < -0.39 is 0 Å². The zero-order chi connectivity index (χ0) is 11.0. The van der Waals surface area contributed by atoms with Gasteiger partial charge in [0.2, 0.25) is 0 Å². The molecule has 0 radical (unpaired) electrons. The maximum atomic E-state index is 5.76. The van der Waals surface area contributed by atoms with Crippen LogP contribution in [0.2, 0.25) is 0 Å². The van der Waals surface area contributed by atoms with Crippen LogP contribution in [-0.2, 0) is 17.6 Å². The lowest BCUT2D eigenvalue weighted by atomic mass is 9.96. The summed E-state index contributed by atoms with van der Waals surface area (Å²) in [5.41, 5.74) is 7.00. The minimum absolute atomic E-state index is 0. The number of halogens is 1.